The molecule has 1 unspecified atom stereocenters. The predicted molar refractivity (Wildman–Crippen MR) is 84.0 cm³/mol. The SMILES string of the molecule is CN(C(=O)C(N)Cc1ccc(O)cc1)C1CCCCCC1. The molecule has 1 aliphatic carbocycles. The van der Waals surface area contributed by atoms with Crippen LogP contribution in [-0.4, -0.2) is 35.0 Å². The van der Waals surface area contributed by atoms with Crippen molar-refractivity contribution in [1.82, 2.24) is 4.90 Å². The molecule has 1 saturated carbocycles. The van der Waals surface area contributed by atoms with Gasteiger partial charge in [-0.05, 0) is 37.0 Å². The average Bonchev–Trinajstić information content (AvgIpc) is 2.77. The molecule has 1 fully saturated rings. The zero-order valence-electron chi connectivity index (χ0n) is 12.8. The molecule has 0 saturated heterocycles. The number of amides is 1. The van der Waals surface area contributed by atoms with Crippen LogP contribution in [-0.2, 0) is 11.2 Å². The van der Waals surface area contributed by atoms with Gasteiger partial charge in [-0.25, -0.2) is 0 Å². The van der Waals surface area contributed by atoms with Crippen molar-refractivity contribution >= 4 is 5.91 Å². The third kappa shape index (κ3) is 4.46. The van der Waals surface area contributed by atoms with E-state index in [0.29, 0.717) is 12.5 Å². The van der Waals surface area contributed by atoms with Crippen molar-refractivity contribution in [2.75, 3.05) is 7.05 Å². The first-order valence-corrected chi connectivity index (χ1v) is 7.88. The number of carbonyl (C=O) groups is 1. The lowest BCUT2D eigenvalue weighted by Crippen LogP contribution is -2.47. The Morgan fingerprint density at radius 2 is 1.81 bits per heavy atom. The normalized spacial score (nSPS) is 18.0. The van der Waals surface area contributed by atoms with Crippen molar-refractivity contribution in [2.45, 2.75) is 57.0 Å². The lowest BCUT2D eigenvalue weighted by atomic mass is 10.0. The van der Waals surface area contributed by atoms with Crippen LogP contribution in [0, 0.1) is 0 Å². The highest BCUT2D eigenvalue weighted by molar-refractivity contribution is 5.82. The van der Waals surface area contributed by atoms with Gasteiger partial charge in [0, 0.05) is 13.1 Å². The molecular weight excluding hydrogens is 264 g/mol. The van der Waals surface area contributed by atoms with Gasteiger partial charge in [0.05, 0.1) is 6.04 Å². The van der Waals surface area contributed by atoms with Gasteiger partial charge >= 0.3 is 0 Å². The van der Waals surface area contributed by atoms with Crippen molar-refractivity contribution < 1.29 is 9.90 Å². The standard InChI is InChI=1S/C17H26N2O2/c1-19(14-6-4-2-3-5-7-14)17(21)16(18)12-13-8-10-15(20)11-9-13/h8-11,14,16,20H,2-7,12,18H2,1H3. The first-order valence-electron chi connectivity index (χ1n) is 7.88. The second-order valence-corrected chi connectivity index (χ2v) is 6.07. The summed E-state index contributed by atoms with van der Waals surface area (Å²) in [5.74, 6) is 0.254. The number of hydrogen-bond donors (Lipinski definition) is 2. The number of phenols is 1. The Labute approximate surface area is 126 Å². The van der Waals surface area contributed by atoms with Gasteiger partial charge in [0.1, 0.15) is 5.75 Å². The van der Waals surface area contributed by atoms with E-state index >= 15 is 0 Å². The van der Waals surface area contributed by atoms with Crippen LogP contribution >= 0.6 is 0 Å². The van der Waals surface area contributed by atoms with Gasteiger partial charge in [0.25, 0.3) is 0 Å². The zero-order valence-corrected chi connectivity index (χ0v) is 12.8. The fourth-order valence-electron chi connectivity index (χ4n) is 3.06. The van der Waals surface area contributed by atoms with Gasteiger partial charge in [-0.2, -0.15) is 0 Å². The molecule has 0 spiro atoms. The Kier molecular flexibility index (Phi) is 5.62. The van der Waals surface area contributed by atoms with Gasteiger partial charge in [-0.1, -0.05) is 37.8 Å². The van der Waals surface area contributed by atoms with E-state index in [1.165, 1.54) is 25.7 Å². The highest BCUT2D eigenvalue weighted by atomic mass is 16.3. The number of aromatic hydroxyl groups is 1. The molecule has 0 bridgehead atoms. The molecule has 1 atom stereocenters. The summed E-state index contributed by atoms with van der Waals surface area (Å²) < 4.78 is 0. The Hall–Kier alpha value is -1.55. The summed E-state index contributed by atoms with van der Waals surface area (Å²) in [7, 11) is 1.88. The Morgan fingerprint density at radius 1 is 1.24 bits per heavy atom. The maximum Gasteiger partial charge on any atom is 0.239 e. The summed E-state index contributed by atoms with van der Waals surface area (Å²) >= 11 is 0. The number of likely N-dealkylation sites (N-methyl/N-ethyl adjacent to an activating group) is 1. The van der Waals surface area contributed by atoms with Crippen molar-refractivity contribution in [1.29, 1.82) is 0 Å². The molecule has 0 aliphatic heterocycles. The minimum atomic E-state index is -0.511. The summed E-state index contributed by atoms with van der Waals surface area (Å²) in [6.45, 7) is 0. The average molecular weight is 290 g/mol. The Morgan fingerprint density at radius 3 is 2.38 bits per heavy atom. The molecule has 4 nitrogen and oxygen atoms in total. The molecular formula is C17H26N2O2. The number of carbonyl (C=O) groups excluding carboxylic acids is 1. The van der Waals surface area contributed by atoms with Crippen LogP contribution in [0.25, 0.3) is 0 Å². The van der Waals surface area contributed by atoms with Crippen LogP contribution in [0.5, 0.6) is 5.75 Å². The van der Waals surface area contributed by atoms with Crippen LogP contribution in [0.2, 0.25) is 0 Å². The second-order valence-electron chi connectivity index (χ2n) is 6.07. The molecule has 2 rings (SSSR count). The third-order valence-corrected chi connectivity index (χ3v) is 4.43. The van der Waals surface area contributed by atoms with Crippen molar-refractivity contribution in [3.63, 3.8) is 0 Å². The van der Waals surface area contributed by atoms with Crippen LogP contribution in [0.1, 0.15) is 44.1 Å². The molecule has 116 valence electrons. The summed E-state index contributed by atoms with van der Waals surface area (Å²) in [5, 5.41) is 9.28. The molecule has 3 N–H and O–H groups in total. The highest BCUT2D eigenvalue weighted by Gasteiger charge is 2.25. The third-order valence-electron chi connectivity index (χ3n) is 4.43. The van der Waals surface area contributed by atoms with Crippen LogP contribution < -0.4 is 5.73 Å². The summed E-state index contributed by atoms with van der Waals surface area (Å²) in [6.07, 6.45) is 7.65. The molecule has 1 aliphatic rings. The molecule has 1 amide bonds. The summed E-state index contributed by atoms with van der Waals surface area (Å²) in [6, 6.07) is 6.71. The molecule has 0 radical (unpaired) electrons. The van der Waals surface area contributed by atoms with Crippen LogP contribution in [0.15, 0.2) is 24.3 Å². The van der Waals surface area contributed by atoms with E-state index in [1.54, 1.807) is 12.1 Å². The van der Waals surface area contributed by atoms with Gasteiger partial charge in [-0.15, -0.1) is 0 Å². The lowest BCUT2D eigenvalue weighted by Gasteiger charge is -2.29. The van der Waals surface area contributed by atoms with E-state index in [0.717, 1.165) is 18.4 Å². The fraction of sp³-hybridized carbons (Fsp3) is 0.588. The number of rotatable bonds is 4. The van der Waals surface area contributed by atoms with E-state index in [4.69, 9.17) is 5.73 Å². The molecule has 1 aromatic rings. The maximum atomic E-state index is 12.5. The smallest absolute Gasteiger partial charge is 0.239 e. The number of hydrogen-bond acceptors (Lipinski definition) is 3. The fourth-order valence-corrected chi connectivity index (χ4v) is 3.06. The summed E-state index contributed by atoms with van der Waals surface area (Å²) in [4.78, 5) is 14.3. The van der Waals surface area contributed by atoms with Gasteiger partial charge in [0.2, 0.25) is 5.91 Å². The van der Waals surface area contributed by atoms with E-state index in [2.05, 4.69) is 0 Å². The van der Waals surface area contributed by atoms with Crippen LogP contribution in [0.4, 0.5) is 0 Å². The van der Waals surface area contributed by atoms with Crippen molar-refractivity contribution in [3.05, 3.63) is 29.8 Å². The van der Waals surface area contributed by atoms with Gasteiger partial charge in [-0.3, -0.25) is 4.79 Å². The largest absolute Gasteiger partial charge is 0.508 e. The highest BCUT2D eigenvalue weighted by Crippen LogP contribution is 2.21. The second kappa shape index (κ2) is 7.46. The van der Waals surface area contributed by atoms with E-state index in [-0.39, 0.29) is 11.7 Å². The minimum absolute atomic E-state index is 0.0231. The quantitative estimate of drug-likeness (QED) is 0.837. The monoisotopic (exact) mass is 290 g/mol. The zero-order chi connectivity index (χ0) is 15.2. The molecule has 4 heteroatoms. The number of nitrogens with zero attached hydrogens (tertiary/aromatic N) is 1. The Bertz CT molecular complexity index is 450. The first-order chi connectivity index (χ1) is 10.1. The lowest BCUT2D eigenvalue weighted by molar-refractivity contribution is -0.133. The van der Waals surface area contributed by atoms with E-state index in [9.17, 15) is 9.90 Å². The molecule has 1 aromatic carbocycles. The molecule has 0 heterocycles. The van der Waals surface area contributed by atoms with E-state index < -0.39 is 6.04 Å². The maximum absolute atomic E-state index is 12.5. The number of benzene rings is 1. The summed E-state index contributed by atoms with van der Waals surface area (Å²) in [5.41, 5.74) is 7.06. The Balaban J connectivity index is 1.92. The minimum Gasteiger partial charge on any atom is -0.508 e. The van der Waals surface area contributed by atoms with Crippen LogP contribution in [0.3, 0.4) is 0 Å². The van der Waals surface area contributed by atoms with Crippen molar-refractivity contribution in [3.8, 4) is 5.75 Å². The van der Waals surface area contributed by atoms with Gasteiger partial charge < -0.3 is 15.7 Å². The van der Waals surface area contributed by atoms with Gasteiger partial charge in [0.15, 0.2) is 0 Å². The topological polar surface area (TPSA) is 66.6 Å². The molecule has 0 aromatic heterocycles. The van der Waals surface area contributed by atoms with E-state index in [1.807, 2.05) is 24.1 Å². The predicted octanol–water partition coefficient (Wildman–Crippen LogP) is 2.44. The number of nitrogens with two attached hydrogens (primary N) is 1. The van der Waals surface area contributed by atoms with Crippen molar-refractivity contribution in [2.24, 2.45) is 5.73 Å². The molecule has 21 heavy (non-hydrogen) atoms. The number of phenolic OH excluding ortho intramolecular Hbond substituents is 1. The first kappa shape index (κ1) is 15.8.